The lowest BCUT2D eigenvalue weighted by molar-refractivity contribution is -0.870. The fraction of sp³-hybridized carbons (Fsp3) is 0.894. The third-order valence-corrected chi connectivity index (χ3v) is 11.6. The molecule has 0 aromatic carbocycles. The van der Waals surface area contributed by atoms with Gasteiger partial charge in [-0.1, -0.05) is 192 Å². The van der Waals surface area contributed by atoms with Crippen LogP contribution in [0, 0.1) is 0 Å². The second kappa shape index (κ2) is 39.4. The van der Waals surface area contributed by atoms with E-state index in [4.69, 9.17) is 9.05 Å². The monoisotopic (exact) mass is 813 g/mol. The quantitative estimate of drug-likeness (QED) is 0.0275. The van der Waals surface area contributed by atoms with Gasteiger partial charge in [0.15, 0.2) is 0 Å². The molecule has 56 heavy (non-hydrogen) atoms. The zero-order valence-electron chi connectivity index (χ0n) is 37.6. The van der Waals surface area contributed by atoms with Crippen molar-refractivity contribution in [1.29, 1.82) is 0 Å². The van der Waals surface area contributed by atoms with Crippen molar-refractivity contribution in [1.82, 2.24) is 5.32 Å². The Balaban J connectivity index is 4.35. The van der Waals surface area contributed by atoms with Crippen LogP contribution in [0.2, 0.25) is 0 Å². The molecule has 0 spiro atoms. The summed E-state index contributed by atoms with van der Waals surface area (Å²) in [5.74, 6) is -0.213. The average molecular weight is 813 g/mol. The largest absolute Gasteiger partial charge is 0.756 e. The van der Waals surface area contributed by atoms with E-state index >= 15 is 0 Å². The van der Waals surface area contributed by atoms with Crippen LogP contribution in [0.25, 0.3) is 0 Å². The molecular formula is C47H93N2O6P. The van der Waals surface area contributed by atoms with Gasteiger partial charge in [0.1, 0.15) is 13.2 Å². The Hall–Kier alpha value is -1.02. The minimum Gasteiger partial charge on any atom is -0.756 e. The number of nitrogens with zero attached hydrogens (tertiary/aromatic N) is 1. The SMILES string of the molecule is CCCCCCCC/C=C\CCCCCC(=O)NC(COP(=O)([O-])OCC[N+](C)(C)C)C(O)/C=C/CCCCCCCCCCCCCCCCCCCCC. The number of unbranched alkanes of at least 4 members (excludes halogenated alkanes) is 28. The molecule has 3 unspecified atom stereocenters. The lowest BCUT2D eigenvalue weighted by Gasteiger charge is -2.29. The first-order chi connectivity index (χ1) is 27.0. The summed E-state index contributed by atoms with van der Waals surface area (Å²) >= 11 is 0. The van der Waals surface area contributed by atoms with Gasteiger partial charge in [-0.25, -0.2) is 0 Å². The van der Waals surface area contributed by atoms with Crippen molar-refractivity contribution in [3.63, 3.8) is 0 Å². The number of phosphoric ester groups is 1. The van der Waals surface area contributed by atoms with Crippen LogP contribution in [-0.2, 0) is 18.4 Å². The predicted molar refractivity (Wildman–Crippen MR) is 238 cm³/mol. The van der Waals surface area contributed by atoms with Crippen molar-refractivity contribution in [3.05, 3.63) is 24.3 Å². The van der Waals surface area contributed by atoms with Crippen LogP contribution in [-0.4, -0.2) is 68.5 Å². The highest BCUT2D eigenvalue weighted by molar-refractivity contribution is 7.45. The van der Waals surface area contributed by atoms with Gasteiger partial charge in [0.25, 0.3) is 7.82 Å². The number of carbonyl (C=O) groups is 1. The highest BCUT2D eigenvalue weighted by Crippen LogP contribution is 2.38. The number of quaternary nitrogens is 1. The number of aliphatic hydroxyl groups is 1. The average Bonchev–Trinajstić information content (AvgIpc) is 3.15. The van der Waals surface area contributed by atoms with Crippen molar-refractivity contribution in [3.8, 4) is 0 Å². The van der Waals surface area contributed by atoms with E-state index < -0.39 is 20.0 Å². The molecule has 3 atom stereocenters. The molecule has 2 N–H and O–H groups in total. The second-order valence-electron chi connectivity index (χ2n) is 17.5. The summed E-state index contributed by atoms with van der Waals surface area (Å²) in [6, 6.07) is -0.891. The lowest BCUT2D eigenvalue weighted by atomic mass is 10.0. The summed E-state index contributed by atoms with van der Waals surface area (Å²) < 4.78 is 23.2. The van der Waals surface area contributed by atoms with E-state index in [0.717, 1.165) is 51.4 Å². The van der Waals surface area contributed by atoms with Crippen LogP contribution in [0.15, 0.2) is 24.3 Å². The molecule has 0 aliphatic rings. The molecule has 0 rings (SSSR count). The zero-order valence-corrected chi connectivity index (χ0v) is 38.5. The molecule has 0 saturated heterocycles. The van der Waals surface area contributed by atoms with Gasteiger partial charge in [0.05, 0.1) is 39.9 Å². The Morgan fingerprint density at radius 1 is 0.607 bits per heavy atom. The fourth-order valence-corrected chi connectivity index (χ4v) is 7.58. The molecule has 0 saturated carbocycles. The molecule has 0 radical (unpaired) electrons. The number of allylic oxidation sites excluding steroid dienone is 3. The first-order valence-electron chi connectivity index (χ1n) is 23.7. The van der Waals surface area contributed by atoms with Crippen molar-refractivity contribution in [2.45, 2.75) is 231 Å². The highest BCUT2D eigenvalue weighted by atomic mass is 31.2. The second-order valence-corrected chi connectivity index (χ2v) is 18.9. The molecule has 0 aromatic rings. The van der Waals surface area contributed by atoms with E-state index in [-0.39, 0.29) is 19.1 Å². The number of likely N-dealkylation sites (N-methyl/N-ethyl adjacent to an activating group) is 1. The van der Waals surface area contributed by atoms with Gasteiger partial charge in [0, 0.05) is 6.42 Å². The smallest absolute Gasteiger partial charge is 0.268 e. The molecule has 0 aliphatic carbocycles. The molecule has 0 bridgehead atoms. The molecule has 0 fully saturated rings. The Bertz CT molecular complexity index is 969. The minimum atomic E-state index is -4.59. The van der Waals surface area contributed by atoms with Gasteiger partial charge >= 0.3 is 0 Å². The van der Waals surface area contributed by atoms with E-state index in [2.05, 4.69) is 31.3 Å². The van der Waals surface area contributed by atoms with E-state index in [1.807, 2.05) is 27.2 Å². The van der Waals surface area contributed by atoms with Crippen molar-refractivity contribution < 1.29 is 32.9 Å². The fourth-order valence-electron chi connectivity index (χ4n) is 6.85. The predicted octanol–water partition coefficient (Wildman–Crippen LogP) is 12.7. The first kappa shape index (κ1) is 55.0. The molecule has 1 amide bonds. The number of carbonyl (C=O) groups excluding carboxylic acids is 1. The van der Waals surface area contributed by atoms with E-state index in [1.54, 1.807) is 6.08 Å². The van der Waals surface area contributed by atoms with Gasteiger partial charge in [-0.15, -0.1) is 0 Å². The Labute approximate surface area is 347 Å². The Kier molecular flexibility index (Phi) is 38.7. The maximum atomic E-state index is 12.8. The number of rotatable bonds is 43. The van der Waals surface area contributed by atoms with Crippen LogP contribution in [0.3, 0.4) is 0 Å². The molecule has 0 aromatic heterocycles. The number of hydrogen-bond donors (Lipinski definition) is 2. The number of amides is 1. The number of nitrogens with one attached hydrogen (secondary N) is 1. The first-order valence-corrected chi connectivity index (χ1v) is 25.2. The Morgan fingerprint density at radius 2 is 0.982 bits per heavy atom. The number of aliphatic hydroxyl groups excluding tert-OH is 1. The summed E-state index contributed by atoms with van der Waals surface area (Å²) in [5.41, 5.74) is 0. The van der Waals surface area contributed by atoms with Gasteiger partial charge in [-0.05, 0) is 44.9 Å². The van der Waals surface area contributed by atoms with E-state index in [1.165, 1.54) is 148 Å². The van der Waals surface area contributed by atoms with Crippen LogP contribution in [0.5, 0.6) is 0 Å². The zero-order chi connectivity index (χ0) is 41.4. The van der Waals surface area contributed by atoms with Gasteiger partial charge in [0.2, 0.25) is 5.91 Å². The maximum absolute atomic E-state index is 12.8. The standard InChI is InChI=1S/C47H93N2O6P/c1-6-8-10-12-14-16-18-20-21-22-23-24-25-26-27-29-30-32-34-36-38-40-46(50)45(44-55-56(52,53)54-43-42-49(3,4)5)48-47(51)41-39-37-35-33-31-28-19-17-15-13-11-9-7-2/h28,31,38,40,45-46,50H,6-27,29-30,32-37,39,41-44H2,1-5H3,(H-,48,51,52,53)/b31-28-,40-38+. The third kappa shape index (κ3) is 41.2. The van der Waals surface area contributed by atoms with Crippen LogP contribution in [0.4, 0.5) is 0 Å². The van der Waals surface area contributed by atoms with Crippen molar-refractivity contribution >= 4 is 13.7 Å². The summed E-state index contributed by atoms with van der Waals surface area (Å²) in [5, 5.41) is 13.8. The molecule has 0 aliphatic heterocycles. The van der Waals surface area contributed by atoms with Crippen LogP contribution >= 0.6 is 7.82 Å². The van der Waals surface area contributed by atoms with E-state index in [0.29, 0.717) is 17.4 Å². The summed E-state index contributed by atoms with van der Waals surface area (Å²) in [7, 11) is 1.26. The highest BCUT2D eigenvalue weighted by Gasteiger charge is 2.23. The van der Waals surface area contributed by atoms with Crippen molar-refractivity contribution in [2.24, 2.45) is 0 Å². The molecular weight excluding hydrogens is 719 g/mol. The van der Waals surface area contributed by atoms with E-state index in [9.17, 15) is 19.4 Å². The Morgan fingerprint density at radius 3 is 1.39 bits per heavy atom. The van der Waals surface area contributed by atoms with Gasteiger partial charge in [-0.3, -0.25) is 9.36 Å². The van der Waals surface area contributed by atoms with Crippen molar-refractivity contribution in [2.75, 3.05) is 40.9 Å². The van der Waals surface area contributed by atoms with Gasteiger partial charge in [-0.2, -0.15) is 0 Å². The molecule has 8 nitrogen and oxygen atoms in total. The normalized spacial score (nSPS) is 14.5. The summed E-state index contributed by atoms with van der Waals surface area (Å²) in [4.78, 5) is 25.3. The minimum absolute atomic E-state index is 0.00254. The summed E-state index contributed by atoms with van der Waals surface area (Å²) in [6.45, 7) is 4.64. The molecule has 332 valence electrons. The molecule has 0 heterocycles. The molecule has 9 heteroatoms. The number of hydrogen-bond acceptors (Lipinski definition) is 6. The third-order valence-electron chi connectivity index (χ3n) is 10.7. The summed E-state index contributed by atoms with van der Waals surface area (Å²) in [6.07, 6.45) is 46.6. The van der Waals surface area contributed by atoms with Crippen LogP contribution in [0.1, 0.15) is 219 Å². The maximum Gasteiger partial charge on any atom is 0.268 e. The van der Waals surface area contributed by atoms with Gasteiger partial charge < -0.3 is 28.8 Å². The number of phosphoric acid groups is 1. The topological polar surface area (TPSA) is 108 Å². The lowest BCUT2D eigenvalue weighted by Crippen LogP contribution is -2.45. The van der Waals surface area contributed by atoms with Crippen LogP contribution < -0.4 is 10.2 Å².